The van der Waals surface area contributed by atoms with E-state index >= 15 is 0 Å². The largest absolute Gasteiger partial charge is 0.497 e. The highest BCUT2D eigenvalue weighted by Gasteiger charge is 2.42. The van der Waals surface area contributed by atoms with Crippen LogP contribution in [0, 0.1) is 5.41 Å². The molecule has 0 saturated heterocycles. The summed E-state index contributed by atoms with van der Waals surface area (Å²) in [7, 11) is 7.07. The summed E-state index contributed by atoms with van der Waals surface area (Å²) in [6.45, 7) is 1.26. The first-order valence-corrected chi connectivity index (χ1v) is 8.80. The monoisotopic (exact) mass is 474 g/mol. The molecule has 7 heteroatoms. The van der Waals surface area contributed by atoms with E-state index in [2.05, 4.69) is 15.6 Å². The molecule has 1 aromatic rings. The van der Waals surface area contributed by atoms with E-state index in [0.717, 1.165) is 37.0 Å². The lowest BCUT2D eigenvalue weighted by atomic mass is 9.84. The summed E-state index contributed by atoms with van der Waals surface area (Å²) in [5.74, 6) is 1.75. The van der Waals surface area contributed by atoms with E-state index in [1.165, 1.54) is 0 Å². The number of methoxy groups -OCH3 is 1. The van der Waals surface area contributed by atoms with E-state index in [4.69, 9.17) is 4.74 Å². The first kappa shape index (κ1) is 22.5. The van der Waals surface area contributed by atoms with Gasteiger partial charge in [0.15, 0.2) is 5.96 Å². The molecule has 0 heterocycles. The molecule has 0 aliphatic heterocycles. The molecular weight excluding hydrogens is 443 g/mol. The van der Waals surface area contributed by atoms with Gasteiger partial charge in [-0.05, 0) is 30.5 Å². The lowest BCUT2D eigenvalue weighted by Crippen LogP contribution is -2.49. The van der Waals surface area contributed by atoms with Crippen molar-refractivity contribution in [2.45, 2.75) is 32.2 Å². The van der Waals surface area contributed by atoms with E-state index in [1.54, 1.807) is 19.1 Å². The van der Waals surface area contributed by atoms with Crippen molar-refractivity contribution < 1.29 is 9.53 Å². The molecule has 2 N–H and O–H groups in total. The Morgan fingerprint density at radius 3 is 2.54 bits per heavy atom. The molecule has 0 aromatic heterocycles. The smallest absolute Gasteiger partial charge is 0.230 e. The van der Waals surface area contributed by atoms with Gasteiger partial charge in [-0.15, -0.1) is 24.0 Å². The summed E-state index contributed by atoms with van der Waals surface area (Å²) in [5.41, 5.74) is 0.805. The number of aliphatic imine (C=N–C) groups is 1. The minimum absolute atomic E-state index is 0. The van der Waals surface area contributed by atoms with Gasteiger partial charge in [-0.25, -0.2) is 0 Å². The maximum Gasteiger partial charge on any atom is 0.230 e. The number of hydrogen-bond donors (Lipinski definition) is 2. The Kier molecular flexibility index (Phi) is 9.18. The van der Waals surface area contributed by atoms with E-state index < -0.39 is 0 Å². The number of halogens is 1. The normalized spacial score (nSPS) is 15.8. The second-order valence-corrected chi connectivity index (χ2v) is 6.82. The van der Waals surface area contributed by atoms with Gasteiger partial charge in [0.2, 0.25) is 5.91 Å². The van der Waals surface area contributed by atoms with Crippen LogP contribution in [0.5, 0.6) is 5.75 Å². The number of nitrogens with one attached hydrogen (secondary N) is 2. The quantitative estimate of drug-likeness (QED) is 0.378. The fraction of sp³-hybridized carbons (Fsp3) is 0.579. The average Bonchev–Trinajstić information content (AvgIpc) is 3.11. The standard InChI is InChI=1S/C19H30N4O2.HI/c1-20-18(21-13-15-8-7-9-16(12-15)25-4)22-14-19(10-5-6-11-19)17(24)23(2)3;/h7-9,12H,5-6,10-11,13-14H2,1-4H3,(H2,20,21,22);1H. The highest BCUT2D eigenvalue weighted by atomic mass is 127. The van der Waals surface area contributed by atoms with Crippen LogP contribution in [0.15, 0.2) is 29.3 Å². The number of carbonyl (C=O) groups is 1. The van der Waals surface area contributed by atoms with Crippen LogP contribution in [0.2, 0.25) is 0 Å². The number of hydrogen-bond acceptors (Lipinski definition) is 3. The van der Waals surface area contributed by atoms with Crippen molar-refractivity contribution in [2.24, 2.45) is 10.4 Å². The molecule has 1 aromatic carbocycles. The molecule has 2 rings (SSSR count). The van der Waals surface area contributed by atoms with Gasteiger partial charge in [0.05, 0.1) is 12.5 Å². The third kappa shape index (κ3) is 5.75. The highest BCUT2D eigenvalue weighted by molar-refractivity contribution is 14.0. The Hall–Kier alpha value is -1.51. The van der Waals surface area contributed by atoms with Crippen molar-refractivity contribution in [2.75, 3.05) is 34.8 Å². The zero-order chi connectivity index (χ0) is 18.3. The number of amides is 1. The van der Waals surface area contributed by atoms with Crippen molar-refractivity contribution in [1.29, 1.82) is 0 Å². The van der Waals surface area contributed by atoms with Crippen LogP contribution in [0.25, 0.3) is 0 Å². The molecule has 1 amide bonds. The van der Waals surface area contributed by atoms with Crippen LogP contribution in [-0.4, -0.2) is 51.6 Å². The van der Waals surface area contributed by atoms with Gasteiger partial charge >= 0.3 is 0 Å². The maximum atomic E-state index is 12.6. The van der Waals surface area contributed by atoms with E-state index in [0.29, 0.717) is 19.0 Å². The summed E-state index contributed by atoms with van der Waals surface area (Å²) in [5, 5.41) is 6.65. The SMILES string of the molecule is CN=C(NCc1cccc(OC)c1)NCC1(C(=O)N(C)C)CCCC1.I. The van der Waals surface area contributed by atoms with Gasteiger partial charge in [0.1, 0.15) is 5.75 Å². The van der Waals surface area contributed by atoms with Crippen LogP contribution in [0.3, 0.4) is 0 Å². The topological polar surface area (TPSA) is 66.0 Å². The Morgan fingerprint density at radius 1 is 1.27 bits per heavy atom. The summed E-state index contributed by atoms with van der Waals surface area (Å²) < 4.78 is 5.25. The van der Waals surface area contributed by atoms with Gasteiger partial charge in [0.25, 0.3) is 0 Å². The summed E-state index contributed by atoms with van der Waals surface area (Å²) in [6.07, 6.45) is 4.09. The van der Waals surface area contributed by atoms with Crippen molar-refractivity contribution in [3.8, 4) is 5.75 Å². The van der Waals surface area contributed by atoms with Crippen molar-refractivity contribution in [3.63, 3.8) is 0 Å². The predicted octanol–water partition coefficient (Wildman–Crippen LogP) is 2.63. The Balaban J connectivity index is 0.00000338. The summed E-state index contributed by atoms with van der Waals surface area (Å²) in [4.78, 5) is 18.6. The van der Waals surface area contributed by atoms with Crippen LogP contribution >= 0.6 is 24.0 Å². The van der Waals surface area contributed by atoms with Crippen LogP contribution in [-0.2, 0) is 11.3 Å². The number of carbonyl (C=O) groups excluding carboxylic acids is 1. The van der Waals surface area contributed by atoms with Crippen LogP contribution in [0.1, 0.15) is 31.2 Å². The molecule has 146 valence electrons. The van der Waals surface area contributed by atoms with Gasteiger partial charge in [-0.3, -0.25) is 9.79 Å². The Bertz CT molecular complexity index is 613. The predicted molar refractivity (Wildman–Crippen MR) is 116 cm³/mol. The van der Waals surface area contributed by atoms with Crippen LogP contribution < -0.4 is 15.4 Å². The second kappa shape index (κ2) is 10.6. The molecule has 6 nitrogen and oxygen atoms in total. The van der Waals surface area contributed by atoms with Crippen molar-refractivity contribution >= 4 is 35.8 Å². The second-order valence-electron chi connectivity index (χ2n) is 6.82. The molecular formula is C19H31IN4O2. The fourth-order valence-corrected chi connectivity index (χ4v) is 3.43. The number of guanidine groups is 1. The minimum Gasteiger partial charge on any atom is -0.497 e. The molecule has 1 saturated carbocycles. The number of ether oxygens (including phenoxy) is 1. The van der Waals surface area contributed by atoms with Crippen molar-refractivity contribution in [3.05, 3.63) is 29.8 Å². The third-order valence-electron chi connectivity index (χ3n) is 4.83. The lowest BCUT2D eigenvalue weighted by molar-refractivity contribution is -0.138. The maximum absolute atomic E-state index is 12.6. The summed E-state index contributed by atoms with van der Waals surface area (Å²) in [6, 6.07) is 7.92. The van der Waals surface area contributed by atoms with Gasteiger partial charge in [-0.1, -0.05) is 25.0 Å². The van der Waals surface area contributed by atoms with E-state index in [-0.39, 0.29) is 35.3 Å². The van der Waals surface area contributed by atoms with E-state index in [9.17, 15) is 4.79 Å². The Morgan fingerprint density at radius 2 is 1.96 bits per heavy atom. The molecule has 1 aliphatic rings. The highest BCUT2D eigenvalue weighted by Crippen LogP contribution is 2.38. The molecule has 0 atom stereocenters. The molecule has 26 heavy (non-hydrogen) atoms. The van der Waals surface area contributed by atoms with E-state index in [1.807, 2.05) is 38.4 Å². The molecule has 1 aliphatic carbocycles. The van der Waals surface area contributed by atoms with Gasteiger partial charge in [-0.2, -0.15) is 0 Å². The van der Waals surface area contributed by atoms with Crippen LogP contribution in [0.4, 0.5) is 0 Å². The lowest BCUT2D eigenvalue weighted by Gasteiger charge is -2.31. The minimum atomic E-state index is -0.308. The molecule has 1 fully saturated rings. The third-order valence-corrected chi connectivity index (χ3v) is 4.83. The van der Waals surface area contributed by atoms with Gasteiger partial charge < -0.3 is 20.3 Å². The molecule has 0 spiro atoms. The Labute approximate surface area is 173 Å². The number of rotatable bonds is 6. The number of nitrogens with zero attached hydrogens (tertiary/aromatic N) is 2. The zero-order valence-corrected chi connectivity index (χ0v) is 18.5. The number of benzene rings is 1. The molecule has 0 bridgehead atoms. The molecule has 0 unspecified atom stereocenters. The van der Waals surface area contributed by atoms with Gasteiger partial charge in [0, 0.05) is 34.2 Å². The van der Waals surface area contributed by atoms with Crippen molar-refractivity contribution in [1.82, 2.24) is 15.5 Å². The zero-order valence-electron chi connectivity index (χ0n) is 16.2. The average molecular weight is 474 g/mol. The molecule has 0 radical (unpaired) electrons. The first-order chi connectivity index (χ1) is 12.0. The fourth-order valence-electron chi connectivity index (χ4n) is 3.43. The summed E-state index contributed by atoms with van der Waals surface area (Å²) >= 11 is 0. The first-order valence-electron chi connectivity index (χ1n) is 8.80.